The van der Waals surface area contributed by atoms with Gasteiger partial charge in [-0.25, -0.2) is 0 Å². The second-order valence-electron chi connectivity index (χ2n) is 4.52. The van der Waals surface area contributed by atoms with E-state index in [2.05, 4.69) is 17.0 Å². The van der Waals surface area contributed by atoms with Crippen LogP contribution < -0.4 is 5.32 Å². The molecule has 1 aliphatic carbocycles. The van der Waals surface area contributed by atoms with Crippen LogP contribution in [0.15, 0.2) is 12.2 Å². The number of hydrogen-bond donors (Lipinski definition) is 1. The molecule has 0 aromatic carbocycles. The van der Waals surface area contributed by atoms with Crippen molar-refractivity contribution in [3.63, 3.8) is 0 Å². The van der Waals surface area contributed by atoms with Crippen molar-refractivity contribution in [2.24, 2.45) is 0 Å². The van der Waals surface area contributed by atoms with Crippen molar-refractivity contribution in [3.05, 3.63) is 12.2 Å². The molecule has 3 heteroatoms. The standard InChI is InChI=1S/C11H19NO.C2H6O/c1-3-7-10(13)12-11(2)8-5-4-6-9-11;1-3-2/h3,7H,4-6,8-9H2,1-2H3,(H,12,13);1-2H3/b7-3+;. The van der Waals surface area contributed by atoms with Crippen LogP contribution in [-0.2, 0) is 9.53 Å². The molecule has 0 heterocycles. The number of methoxy groups -OCH3 is 1. The van der Waals surface area contributed by atoms with Gasteiger partial charge in [0.15, 0.2) is 0 Å². The third-order valence-electron chi connectivity index (χ3n) is 2.70. The number of carbonyl (C=O) groups excluding carboxylic acids is 1. The van der Waals surface area contributed by atoms with Crippen LogP contribution in [0.5, 0.6) is 0 Å². The average molecular weight is 227 g/mol. The summed E-state index contributed by atoms with van der Waals surface area (Å²) in [7, 11) is 3.25. The highest BCUT2D eigenvalue weighted by Gasteiger charge is 2.27. The van der Waals surface area contributed by atoms with Crippen molar-refractivity contribution >= 4 is 5.91 Å². The summed E-state index contributed by atoms with van der Waals surface area (Å²) in [5.41, 5.74) is 0.0504. The van der Waals surface area contributed by atoms with Crippen LogP contribution >= 0.6 is 0 Å². The monoisotopic (exact) mass is 227 g/mol. The first-order chi connectivity index (χ1) is 7.58. The van der Waals surface area contributed by atoms with Gasteiger partial charge < -0.3 is 10.1 Å². The Morgan fingerprint density at radius 1 is 1.25 bits per heavy atom. The molecular weight excluding hydrogens is 202 g/mol. The number of rotatable bonds is 2. The van der Waals surface area contributed by atoms with Gasteiger partial charge in [0.25, 0.3) is 0 Å². The quantitative estimate of drug-likeness (QED) is 0.737. The zero-order chi connectivity index (χ0) is 12.4. The largest absolute Gasteiger partial charge is 0.388 e. The first-order valence-electron chi connectivity index (χ1n) is 5.93. The number of hydrogen-bond acceptors (Lipinski definition) is 2. The number of ether oxygens (including phenoxy) is 1. The van der Waals surface area contributed by atoms with E-state index in [9.17, 15) is 4.79 Å². The Hall–Kier alpha value is -0.830. The van der Waals surface area contributed by atoms with E-state index in [0.717, 1.165) is 12.8 Å². The second kappa shape index (κ2) is 8.34. The van der Waals surface area contributed by atoms with E-state index >= 15 is 0 Å². The molecule has 1 aliphatic rings. The molecule has 0 aliphatic heterocycles. The van der Waals surface area contributed by atoms with Gasteiger partial charge in [0.1, 0.15) is 0 Å². The molecule has 16 heavy (non-hydrogen) atoms. The lowest BCUT2D eigenvalue weighted by atomic mass is 9.83. The molecule has 94 valence electrons. The molecule has 0 unspecified atom stereocenters. The van der Waals surface area contributed by atoms with Gasteiger partial charge in [-0.1, -0.05) is 25.3 Å². The lowest BCUT2D eigenvalue weighted by Gasteiger charge is -2.34. The third-order valence-corrected chi connectivity index (χ3v) is 2.70. The van der Waals surface area contributed by atoms with E-state index in [0.29, 0.717) is 0 Å². The van der Waals surface area contributed by atoms with Crippen LogP contribution in [0.2, 0.25) is 0 Å². The summed E-state index contributed by atoms with van der Waals surface area (Å²) >= 11 is 0. The molecule has 0 radical (unpaired) electrons. The molecule has 1 rings (SSSR count). The summed E-state index contributed by atoms with van der Waals surface area (Å²) in [5.74, 6) is 0.0481. The molecule has 3 nitrogen and oxygen atoms in total. The van der Waals surface area contributed by atoms with Crippen molar-refractivity contribution in [1.82, 2.24) is 5.32 Å². The minimum absolute atomic E-state index is 0.0481. The number of amides is 1. The fraction of sp³-hybridized carbons (Fsp3) is 0.769. The Kier molecular flexibility index (Phi) is 7.90. The molecular formula is C13H25NO2. The third kappa shape index (κ3) is 6.62. The van der Waals surface area contributed by atoms with E-state index in [1.807, 2.05) is 6.92 Å². The zero-order valence-electron chi connectivity index (χ0n) is 11.0. The Bertz CT molecular complexity index is 218. The lowest BCUT2D eigenvalue weighted by Crippen LogP contribution is -2.46. The van der Waals surface area contributed by atoms with Gasteiger partial charge in [0.05, 0.1) is 0 Å². The number of allylic oxidation sites excluding steroid dienone is 1. The maximum Gasteiger partial charge on any atom is 0.244 e. The predicted molar refractivity (Wildman–Crippen MR) is 67.4 cm³/mol. The van der Waals surface area contributed by atoms with Gasteiger partial charge >= 0.3 is 0 Å². The van der Waals surface area contributed by atoms with Gasteiger partial charge in [-0.05, 0) is 32.8 Å². The van der Waals surface area contributed by atoms with E-state index in [-0.39, 0.29) is 11.4 Å². The second-order valence-corrected chi connectivity index (χ2v) is 4.52. The zero-order valence-corrected chi connectivity index (χ0v) is 11.0. The SMILES string of the molecule is C/C=C/C(=O)NC1(C)CCCCC1.COC. The minimum atomic E-state index is 0.0481. The normalized spacial score (nSPS) is 18.8. The summed E-state index contributed by atoms with van der Waals surface area (Å²) in [6, 6.07) is 0. The summed E-state index contributed by atoms with van der Waals surface area (Å²) in [4.78, 5) is 11.3. The Morgan fingerprint density at radius 2 is 1.75 bits per heavy atom. The van der Waals surface area contributed by atoms with E-state index in [4.69, 9.17) is 0 Å². The summed E-state index contributed by atoms with van der Waals surface area (Å²) in [6.07, 6.45) is 9.42. The van der Waals surface area contributed by atoms with Crippen LogP contribution in [-0.4, -0.2) is 25.7 Å². The maximum absolute atomic E-state index is 11.3. The van der Waals surface area contributed by atoms with Crippen molar-refractivity contribution in [2.75, 3.05) is 14.2 Å². The van der Waals surface area contributed by atoms with Crippen molar-refractivity contribution < 1.29 is 9.53 Å². The van der Waals surface area contributed by atoms with Gasteiger partial charge in [0, 0.05) is 19.8 Å². The van der Waals surface area contributed by atoms with Crippen LogP contribution in [0.25, 0.3) is 0 Å². The van der Waals surface area contributed by atoms with Crippen molar-refractivity contribution in [1.29, 1.82) is 0 Å². The minimum Gasteiger partial charge on any atom is -0.388 e. The summed E-state index contributed by atoms with van der Waals surface area (Å²) in [6.45, 7) is 4.01. The van der Waals surface area contributed by atoms with Crippen molar-refractivity contribution in [3.8, 4) is 0 Å². The smallest absolute Gasteiger partial charge is 0.244 e. The predicted octanol–water partition coefficient (Wildman–Crippen LogP) is 2.66. The van der Waals surface area contributed by atoms with Crippen molar-refractivity contribution in [2.45, 2.75) is 51.5 Å². The lowest BCUT2D eigenvalue weighted by molar-refractivity contribution is -0.118. The van der Waals surface area contributed by atoms with E-state index in [1.165, 1.54) is 19.3 Å². The van der Waals surface area contributed by atoms with E-state index in [1.54, 1.807) is 26.4 Å². The van der Waals surface area contributed by atoms with Gasteiger partial charge in [-0.2, -0.15) is 0 Å². The summed E-state index contributed by atoms with van der Waals surface area (Å²) < 4.78 is 4.25. The fourth-order valence-electron chi connectivity index (χ4n) is 1.95. The fourth-order valence-corrected chi connectivity index (χ4v) is 1.95. The Balaban J connectivity index is 0.000000673. The molecule has 0 spiro atoms. The average Bonchev–Trinajstić information content (AvgIpc) is 2.19. The van der Waals surface area contributed by atoms with Gasteiger partial charge in [0.2, 0.25) is 5.91 Å². The van der Waals surface area contributed by atoms with Gasteiger partial charge in [-0.3, -0.25) is 4.79 Å². The van der Waals surface area contributed by atoms with E-state index < -0.39 is 0 Å². The molecule has 0 saturated heterocycles. The first-order valence-corrected chi connectivity index (χ1v) is 5.93. The van der Waals surface area contributed by atoms with Crippen LogP contribution in [0, 0.1) is 0 Å². The van der Waals surface area contributed by atoms with Crippen LogP contribution in [0.1, 0.15) is 46.0 Å². The Labute approximate surface area is 99.3 Å². The highest BCUT2D eigenvalue weighted by Crippen LogP contribution is 2.27. The molecule has 1 saturated carbocycles. The molecule has 0 atom stereocenters. The molecule has 1 amide bonds. The summed E-state index contributed by atoms with van der Waals surface area (Å²) in [5, 5.41) is 3.07. The maximum atomic E-state index is 11.3. The van der Waals surface area contributed by atoms with Crippen LogP contribution in [0.4, 0.5) is 0 Å². The Morgan fingerprint density at radius 3 is 2.19 bits per heavy atom. The van der Waals surface area contributed by atoms with Gasteiger partial charge in [-0.15, -0.1) is 0 Å². The molecule has 0 aromatic heterocycles. The highest BCUT2D eigenvalue weighted by molar-refractivity contribution is 5.87. The topological polar surface area (TPSA) is 38.3 Å². The molecule has 0 bridgehead atoms. The molecule has 1 fully saturated rings. The number of nitrogens with one attached hydrogen (secondary N) is 1. The number of carbonyl (C=O) groups is 1. The first kappa shape index (κ1) is 15.2. The highest BCUT2D eigenvalue weighted by atomic mass is 16.4. The molecule has 0 aromatic rings. The van der Waals surface area contributed by atoms with Crippen LogP contribution in [0.3, 0.4) is 0 Å². The molecule has 1 N–H and O–H groups in total.